The molecular formula is C19H16ClN3O3. The molecule has 7 heteroatoms. The number of hydrogen-bond acceptors (Lipinski definition) is 5. The first-order valence-electron chi connectivity index (χ1n) is 7.69. The summed E-state index contributed by atoms with van der Waals surface area (Å²) in [4.78, 5) is 16.2. The monoisotopic (exact) mass is 369 g/mol. The van der Waals surface area contributed by atoms with Crippen molar-refractivity contribution in [1.29, 1.82) is 0 Å². The van der Waals surface area contributed by atoms with Crippen molar-refractivity contribution < 1.29 is 14.3 Å². The number of amides is 1. The summed E-state index contributed by atoms with van der Waals surface area (Å²) in [5.74, 6) is 1.63. The Balaban J connectivity index is 1.67. The van der Waals surface area contributed by atoms with Crippen LogP contribution in [0.2, 0.25) is 5.02 Å². The number of carbonyl (C=O) groups excluding carboxylic acids is 1. The molecule has 0 saturated heterocycles. The third-order valence-corrected chi connectivity index (χ3v) is 3.75. The molecule has 3 rings (SSSR count). The van der Waals surface area contributed by atoms with Crippen LogP contribution in [-0.2, 0) is 0 Å². The Labute approximate surface area is 155 Å². The highest BCUT2D eigenvalue weighted by Crippen LogP contribution is 2.29. The lowest BCUT2D eigenvalue weighted by Gasteiger charge is -2.10. The van der Waals surface area contributed by atoms with E-state index >= 15 is 0 Å². The number of carbonyl (C=O) groups is 1. The van der Waals surface area contributed by atoms with E-state index in [1.54, 1.807) is 61.7 Å². The van der Waals surface area contributed by atoms with E-state index in [0.29, 0.717) is 33.5 Å². The van der Waals surface area contributed by atoms with Gasteiger partial charge in [0.15, 0.2) is 11.6 Å². The van der Waals surface area contributed by atoms with Crippen LogP contribution in [0, 0.1) is 0 Å². The van der Waals surface area contributed by atoms with Gasteiger partial charge in [0.25, 0.3) is 5.91 Å². The molecule has 0 bridgehead atoms. The molecule has 1 amide bonds. The van der Waals surface area contributed by atoms with Gasteiger partial charge in [-0.1, -0.05) is 11.6 Å². The molecule has 3 aromatic rings. The molecular weight excluding hydrogens is 354 g/mol. The largest absolute Gasteiger partial charge is 0.497 e. The van der Waals surface area contributed by atoms with Crippen molar-refractivity contribution in [3.05, 3.63) is 71.4 Å². The van der Waals surface area contributed by atoms with Crippen molar-refractivity contribution in [2.45, 2.75) is 0 Å². The molecule has 0 unspecified atom stereocenters. The van der Waals surface area contributed by atoms with E-state index in [9.17, 15) is 4.79 Å². The molecule has 1 heterocycles. The van der Waals surface area contributed by atoms with Crippen LogP contribution in [0.25, 0.3) is 0 Å². The Morgan fingerprint density at radius 1 is 1.08 bits per heavy atom. The summed E-state index contributed by atoms with van der Waals surface area (Å²) >= 11 is 5.89. The van der Waals surface area contributed by atoms with E-state index in [-0.39, 0.29) is 11.7 Å². The first-order chi connectivity index (χ1) is 12.5. The zero-order valence-electron chi connectivity index (χ0n) is 13.9. The fourth-order valence-electron chi connectivity index (χ4n) is 2.19. The number of anilines is 2. The lowest BCUT2D eigenvalue weighted by molar-refractivity contribution is 0.102. The molecule has 6 nitrogen and oxygen atoms in total. The summed E-state index contributed by atoms with van der Waals surface area (Å²) in [6, 6.07) is 15.3. The second-order valence-electron chi connectivity index (χ2n) is 5.35. The molecule has 0 fully saturated rings. The molecule has 26 heavy (non-hydrogen) atoms. The number of rotatable bonds is 5. The maximum absolute atomic E-state index is 12.2. The van der Waals surface area contributed by atoms with E-state index in [2.05, 4.69) is 10.3 Å². The minimum absolute atomic E-state index is 0.218. The molecule has 0 saturated carbocycles. The minimum Gasteiger partial charge on any atom is -0.497 e. The molecule has 0 spiro atoms. The highest BCUT2D eigenvalue weighted by atomic mass is 35.5. The second-order valence-corrected chi connectivity index (χ2v) is 5.78. The van der Waals surface area contributed by atoms with E-state index in [4.69, 9.17) is 26.8 Å². The molecule has 0 aliphatic rings. The molecule has 0 atom stereocenters. The number of ether oxygens (including phenoxy) is 2. The van der Waals surface area contributed by atoms with Crippen LogP contribution < -0.4 is 20.5 Å². The molecule has 0 aliphatic heterocycles. The zero-order chi connectivity index (χ0) is 18.5. The first kappa shape index (κ1) is 17.6. The van der Waals surface area contributed by atoms with Crippen LogP contribution in [-0.4, -0.2) is 18.0 Å². The summed E-state index contributed by atoms with van der Waals surface area (Å²) in [6.45, 7) is 0. The number of nitrogens with one attached hydrogen (secondary N) is 1. The summed E-state index contributed by atoms with van der Waals surface area (Å²) in [5.41, 5.74) is 6.92. The third kappa shape index (κ3) is 4.23. The highest BCUT2D eigenvalue weighted by Gasteiger charge is 2.08. The standard InChI is InChI=1S/C19H16ClN3O3/c1-25-15-6-2-12(3-7-15)19(24)23-14-4-8-16(9-5-14)26-17-10-13(20)11-22-18(17)21/h2-11H,1H3,(H2,21,22)(H,23,24). The van der Waals surface area contributed by atoms with E-state index in [1.165, 1.54) is 6.20 Å². The Morgan fingerprint density at radius 3 is 2.38 bits per heavy atom. The number of nitrogens with zero attached hydrogens (tertiary/aromatic N) is 1. The van der Waals surface area contributed by atoms with Gasteiger partial charge in [-0.05, 0) is 48.5 Å². The number of methoxy groups -OCH3 is 1. The van der Waals surface area contributed by atoms with Crippen molar-refractivity contribution >= 4 is 29.0 Å². The summed E-state index contributed by atoms with van der Waals surface area (Å²) in [6.07, 6.45) is 1.45. The molecule has 0 aliphatic carbocycles. The van der Waals surface area contributed by atoms with Crippen LogP contribution in [0.15, 0.2) is 60.8 Å². The fraction of sp³-hybridized carbons (Fsp3) is 0.0526. The number of nitrogen functional groups attached to an aromatic ring is 1. The van der Waals surface area contributed by atoms with Gasteiger partial charge in [-0.2, -0.15) is 0 Å². The molecule has 2 aromatic carbocycles. The highest BCUT2D eigenvalue weighted by molar-refractivity contribution is 6.30. The van der Waals surface area contributed by atoms with E-state index < -0.39 is 0 Å². The van der Waals surface area contributed by atoms with Crippen LogP contribution in [0.1, 0.15) is 10.4 Å². The molecule has 1 aromatic heterocycles. The maximum atomic E-state index is 12.2. The van der Waals surface area contributed by atoms with Gasteiger partial charge in [0, 0.05) is 23.5 Å². The number of pyridine rings is 1. The van der Waals surface area contributed by atoms with Gasteiger partial charge in [0.1, 0.15) is 11.5 Å². The number of hydrogen-bond donors (Lipinski definition) is 2. The second kappa shape index (κ2) is 7.76. The van der Waals surface area contributed by atoms with E-state index in [0.717, 1.165) is 0 Å². The average Bonchev–Trinajstić information content (AvgIpc) is 2.66. The molecule has 0 radical (unpaired) electrons. The summed E-state index contributed by atoms with van der Waals surface area (Å²) < 4.78 is 10.7. The van der Waals surface area contributed by atoms with Crippen molar-refractivity contribution in [3.63, 3.8) is 0 Å². The smallest absolute Gasteiger partial charge is 0.255 e. The van der Waals surface area contributed by atoms with Crippen LogP contribution >= 0.6 is 11.6 Å². The fourth-order valence-corrected chi connectivity index (χ4v) is 2.34. The number of halogens is 1. The lowest BCUT2D eigenvalue weighted by Crippen LogP contribution is -2.11. The Kier molecular flexibility index (Phi) is 5.24. The first-order valence-corrected chi connectivity index (χ1v) is 8.07. The average molecular weight is 370 g/mol. The lowest BCUT2D eigenvalue weighted by atomic mass is 10.2. The van der Waals surface area contributed by atoms with Gasteiger partial charge in [0.2, 0.25) is 0 Å². The SMILES string of the molecule is COc1ccc(C(=O)Nc2ccc(Oc3cc(Cl)cnc3N)cc2)cc1. The zero-order valence-corrected chi connectivity index (χ0v) is 14.7. The van der Waals surface area contributed by atoms with Crippen molar-refractivity contribution in [2.24, 2.45) is 0 Å². The Morgan fingerprint density at radius 2 is 1.73 bits per heavy atom. The minimum atomic E-state index is -0.218. The van der Waals surface area contributed by atoms with Gasteiger partial charge >= 0.3 is 0 Å². The van der Waals surface area contributed by atoms with Gasteiger partial charge in [-0.3, -0.25) is 4.79 Å². The quantitative estimate of drug-likeness (QED) is 0.697. The number of benzene rings is 2. The predicted octanol–water partition coefficient (Wildman–Crippen LogP) is 4.37. The van der Waals surface area contributed by atoms with Crippen molar-refractivity contribution in [3.8, 4) is 17.2 Å². The topological polar surface area (TPSA) is 86.5 Å². The Bertz CT molecular complexity index is 912. The Hall–Kier alpha value is -3.25. The summed E-state index contributed by atoms with van der Waals surface area (Å²) in [5, 5.41) is 3.24. The van der Waals surface area contributed by atoms with Crippen LogP contribution in [0.5, 0.6) is 17.2 Å². The van der Waals surface area contributed by atoms with Gasteiger partial charge in [-0.15, -0.1) is 0 Å². The summed E-state index contributed by atoms with van der Waals surface area (Å²) in [7, 11) is 1.58. The van der Waals surface area contributed by atoms with Gasteiger partial charge in [0.05, 0.1) is 12.1 Å². The third-order valence-electron chi connectivity index (χ3n) is 3.54. The number of aromatic nitrogens is 1. The predicted molar refractivity (Wildman–Crippen MR) is 101 cm³/mol. The molecule has 132 valence electrons. The number of nitrogens with two attached hydrogens (primary N) is 1. The van der Waals surface area contributed by atoms with Gasteiger partial charge < -0.3 is 20.5 Å². The van der Waals surface area contributed by atoms with E-state index in [1.807, 2.05) is 0 Å². The van der Waals surface area contributed by atoms with Crippen molar-refractivity contribution in [1.82, 2.24) is 4.98 Å². The molecule has 3 N–H and O–H groups in total. The maximum Gasteiger partial charge on any atom is 0.255 e. The van der Waals surface area contributed by atoms with Gasteiger partial charge in [-0.25, -0.2) is 4.98 Å². The van der Waals surface area contributed by atoms with Crippen LogP contribution in [0.4, 0.5) is 11.5 Å². The normalized spacial score (nSPS) is 10.2. The van der Waals surface area contributed by atoms with Crippen LogP contribution in [0.3, 0.4) is 0 Å². The van der Waals surface area contributed by atoms with Crippen molar-refractivity contribution in [2.75, 3.05) is 18.2 Å².